The number of hydrogen-bond acceptors (Lipinski definition) is 5. The van der Waals surface area contributed by atoms with Crippen LogP contribution >= 0.6 is 11.6 Å². The van der Waals surface area contributed by atoms with Gasteiger partial charge in [0, 0.05) is 19.2 Å². The van der Waals surface area contributed by atoms with Gasteiger partial charge in [0.2, 0.25) is 5.91 Å². The van der Waals surface area contributed by atoms with Crippen LogP contribution < -0.4 is 9.47 Å². The highest BCUT2D eigenvalue weighted by molar-refractivity contribution is 6.32. The van der Waals surface area contributed by atoms with Crippen molar-refractivity contribution in [1.82, 2.24) is 4.90 Å². The normalized spacial score (nSPS) is 11.9. The van der Waals surface area contributed by atoms with Gasteiger partial charge in [0.25, 0.3) is 0 Å². The number of hydrogen-bond donors (Lipinski definition) is 0. The first-order valence-electron chi connectivity index (χ1n) is 8.92. The third kappa shape index (κ3) is 6.79. The molecule has 27 heavy (non-hydrogen) atoms. The molecule has 0 aliphatic carbocycles. The van der Waals surface area contributed by atoms with Gasteiger partial charge in [0.1, 0.15) is 0 Å². The summed E-state index contributed by atoms with van der Waals surface area (Å²) in [5.41, 5.74) is 0.714. The van der Waals surface area contributed by atoms with Crippen LogP contribution in [0.25, 0.3) is 6.08 Å². The zero-order valence-electron chi connectivity index (χ0n) is 16.6. The van der Waals surface area contributed by atoms with Crippen molar-refractivity contribution in [2.24, 2.45) is 5.92 Å². The number of nitrogens with zero attached hydrogens (tertiary/aromatic N) is 1. The zero-order chi connectivity index (χ0) is 20.4. The molecule has 6 nitrogen and oxygen atoms in total. The Morgan fingerprint density at radius 3 is 2.52 bits per heavy atom. The molecule has 0 radical (unpaired) electrons. The van der Waals surface area contributed by atoms with Crippen molar-refractivity contribution in [3.63, 3.8) is 0 Å². The van der Waals surface area contributed by atoms with Crippen molar-refractivity contribution in [3.8, 4) is 11.5 Å². The smallest absolute Gasteiger partial charge is 0.310 e. The van der Waals surface area contributed by atoms with E-state index in [4.69, 9.17) is 25.8 Å². The van der Waals surface area contributed by atoms with E-state index < -0.39 is 5.92 Å². The van der Waals surface area contributed by atoms with Gasteiger partial charge in [0.05, 0.1) is 31.8 Å². The molecular weight excluding hydrogens is 370 g/mol. The molecule has 150 valence electrons. The molecule has 1 rings (SSSR count). The highest BCUT2D eigenvalue weighted by Crippen LogP contribution is 2.36. The monoisotopic (exact) mass is 397 g/mol. The van der Waals surface area contributed by atoms with Crippen LogP contribution in [0.15, 0.2) is 18.2 Å². The van der Waals surface area contributed by atoms with E-state index in [1.165, 1.54) is 20.3 Å². The molecule has 0 heterocycles. The average Bonchev–Trinajstić information content (AvgIpc) is 2.67. The molecule has 7 heteroatoms. The van der Waals surface area contributed by atoms with Gasteiger partial charge in [-0.15, -0.1) is 0 Å². The summed E-state index contributed by atoms with van der Waals surface area (Å²) in [6, 6.07) is 3.47. The third-order valence-electron chi connectivity index (χ3n) is 3.91. The van der Waals surface area contributed by atoms with E-state index in [9.17, 15) is 9.59 Å². The number of carbonyl (C=O) groups excluding carboxylic acids is 2. The predicted octanol–water partition coefficient (Wildman–Crippen LogP) is 3.81. The number of ether oxygens (including phenoxy) is 3. The molecule has 1 unspecified atom stereocenters. The number of esters is 1. The standard InChI is InChI=1S/C20H28ClNO5/c1-6-10-27-19-16(21)11-15(12-17(19)25-4)8-9-18(23)22(7-2)13-14(3)20(24)26-5/h8-9,11-12,14H,6-7,10,13H2,1-5H3/b9-8+. The molecule has 0 saturated heterocycles. The van der Waals surface area contributed by atoms with Crippen LogP contribution in [0.5, 0.6) is 11.5 Å². The fourth-order valence-electron chi connectivity index (χ4n) is 2.43. The van der Waals surface area contributed by atoms with E-state index in [-0.39, 0.29) is 11.9 Å². The van der Waals surface area contributed by atoms with Crippen molar-refractivity contribution in [2.75, 3.05) is 33.9 Å². The Bertz CT molecular complexity index is 675. The molecule has 0 saturated carbocycles. The van der Waals surface area contributed by atoms with Gasteiger partial charge in [-0.25, -0.2) is 0 Å². The van der Waals surface area contributed by atoms with Gasteiger partial charge in [0.15, 0.2) is 11.5 Å². The van der Waals surface area contributed by atoms with Crippen molar-refractivity contribution >= 4 is 29.6 Å². The molecular formula is C20H28ClNO5. The Morgan fingerprint density at radius 1 is 1.26 bits per heavy atom. The lowest BCUT2D eigenvalue weighted by Crippen LogP contribution is -2.36. The lowest BCUT2D eigenvalue weighted by Gasteiger charge is -2.22. The van der Waals surface area contributed by atoms with Crippen LogP contribution in [-0.4, -0.2) is 50.7 Å². The second kappa shape index (κ2) is 11.5. The van der Waals surface area contributed by atoms with Crippen LogP contribution in [0.3, 0.4) is 0 Å². The SMILES string of the molecule is CCCOc1c(Cl)cc(/C=C/C(=O)N(CC)CC(C)C(=O)OC)cc1OC. The first-order valence-corrected chi connectivity index (χ1v) is 9.30. The lowest BCUT2D eigenvalue weighted by molar-refractivity contribution is -0.146. The fraction of sp³-hybridized carbons (Fsp3) is 0.500. The highest BCUT2D eigenvalue weighted by atomic mass is 35.5. The summed E-state index contributed by atoms with van der Waals surface area (Å²) in [6.45, 7) is 6.90. The first-order chi connectivity index (χ1) is 12.9. The summed E-state index contributed by atoms with van der Waals surface area (Å²) in [4.78, 5) is 25.6. The minimum absolute atomic E-state index is 0.199. The van der Waals surface area contributed by atoms with Crippen LogP contribution in [0.2, 0.25) is 5.02 Å². The van der Waals surface area contributed by atoms with Crippen molar-refractivity contribution in [1.29, 1.82) is 0 Å². The maximum Gasteiger partial charge on any atom is 0.310 e. The second-order valence-electron chi connectivity index (χ2n) is 6.02. The molecule has 0 fully saturated rings. The molecule has 0 spiro atoms. The van der Waals surface area contributed by atoms with Gasteiger partial charge in [-0.2, -0.15) is 0 Å². The number of amides is 1. The third-order valence-corrected chi connectivity index (χ3v) is 4.19. The lowest BCUT2D eigenvalue weighted by atomic mass is 10.1. The number of likely N-dealkylation sites (N-methyl/N-ethyl adjacent to an activating group) is 1. The Hall–Kier alpha value is -2.21. The minimum Gasteiger partial charge on any atom is -0.493 e. The van der Waals surface area contributed by atoms with Crippen molar-refractivity contribution in [2.45, 2.75) is 27.2 Å². The molecule has 1 amide bonds. The number of benzene rings is 1. The van der Waals surface area contributed by atoms with Gasteiger partial charge >= 0.3 is 5.97 Å². The van der Waals surface area contributed by atoms with Crippen LogP contribution in [0.4, 0.5) is 0 Å². The second-order valence-corrected chi connectivity index (χ2v) is 6.42. The molecule has 1 aromatic rings. The molecule has 0 aliphatic rings. The molecule has 0 aliphatic heterocycles. The van der Waals surface area contributed by atoms with E-state index in [2.05, 4.69) is 0 Å². The summed E-state index contributed by atoms with van der Waals surface area (Å²) >= 11 is 6.29. The van der Waals surface area contributed by atoms with Crippen LogP contribution in [0.1, 0.15) is 32.8 Å². The topological polar surface area (TPSA) is 65.1 Å². The molecule has 0 bridgehead atoms. The van der Waals surface area contributed by atoms with Gasteiger partial charge < -0.3 is 19.1 Å². The van der Waals surface area contributed by atoms with Crippen molar-refractivity contribution < 1.29 is 23.8 Å². The fourth-order valence-corrected chi connectivity index (χ4v) is 2.71. The zero-order valence-corrected chi connectivity index (χ0v) is 17.3. The van der Waals surface area contributed by atoms with Gasteiger partial charge in [-0.1, -0.05) is 25.4 Å². The highest BCUT2D eigenvalue weighted by Gasteiger charge is 2.19. The number of carbonyl (C=O) groups is 2. The van der Waals surface area contributed by atoms with E-state index in [1.807, 2.05) is 13.8 Å². The maximum atomic E-state index is 12.4. The summed E-state index contributed by atoms with van der Waals surface area (Å²) in [6.07, 6.45) is 3.96. The van der Waals surface area contributed by atoms with E-state index >= 15 is 0 Å². The molecule has 0 aromatic heterocycles. The summed E-state index contributed by atoms with van der Waals surface area (Å²) in [7, 11) is 2.87. The number of methoxy groups -OCH3 is 2. The Labute approximate surface area is 166 Å². The maximum absolute atomic E-state index is 12.4. The Morgan fingerprint density at radius 2 is 1.96 bits per heavy atom. The van der Waals surface area contributed by atoms with Crippen LogP contribution in [-0.2, 0) is 14.3 Å². The van der Waals surface area contributed by atoms with Crippen LogP contribution in [0, 0.1) is 5.92 Å². The Kier molecular flexibility index (Phi) is 9.72. The van der Waals surface area contributed by atoms with Crippen molar-refractivity contribution in [3.05, 3.63) is 28.8 Å². The predicted molar refractivity (Wildman–Crippen MR) is 106 cm³/mol. The Balaban J connectivity index is 2.92. The first kappa shape index (κ1) is 22.8. The van der Waals surface area contributed by atoms with E-state index in [1.54, 1.807) is 30.0 Å². The van der Waals surface area contributed by atoms with Gasteiger partial charge in [-0.3, -0.25) is 9.59 Å². The van der Waals surface area contributed by atoms with E-state index in [0.717, 1.165) is 6.42 Å². The van der Waals surface area contributed by atoms with Gasteiger partial charge in [-0.05, 0) is 37.1 Å². The molecule has 1 atom stereocenters. The number of rotatable bonds is 10. The summed E-state index contributed by atoms with van der Waals surface area (Å²) in [5.74, 6) is 0.0668. The molecule has 1 aromatic carbocycles. The summed E-state index contributed by atoms with van der Waals surface area (Å²) < 4.78 is 15.7. The quantitative estimate of drug-likeness (QED) is 0.443. The summed E-state index contributed by atoms with van der Waals surface area (Å²) in [5, 5.41) is 0.418. The van der Waals surface area contributed by atoms with E-state index in [0.29, 0.717) is 41.8 Å². The average molecular weight is 398 g/mol. The minimum atomic E-state index is -0.392. The molecule has 0 N–H and O–H groups in total. The number of halogens is 1. The largest absolute Gasteiger partial charge is 0.493 e.